The van der Waals surface area contributed by atoms with E-state index in [0.717, 1.165) is 22.5 Å². The molecule has 0 aliphatic heterocycles. The molecule has 5 aromatic rings. The lowest BCUT2D eigenvalue weighted by molar-refractivity contribution is 1.54. The number of fused-ring (bicyclic) bond motifs is 1. The maximum atomic E-state index is 8.50. The number of nitrogens with one attached hydrogen (secondary N) is 1. The summed E-state index contributed by atoms with van der Waals surface area (Å²) < 4.78 is 57.7. The van der Waals surface area contributed by atoms with E-state index in [0.29, 0.717) is 5.56 Å². The van der Waals surface area contributed by atoms with Crippen molar-refractivity contribution < 1.29 is 9.60 Å². The highest BCUT2D eigenvalue weighted by molar-refractivity contribution is 5.96. The first kappa shape index (κ1) is 11.2. The molecule has 0 aliphatic rings. The van der Waals surface area contributed by atoms with E-state index in [9.17, 15) is 0 Å². The first-order chi connectivity index (χ1) is 17.3. The lowest BCUT2D eigenvalue weighted by Crippen LogP contribution is -1.90. The van der Waals surface area contributed by atoms with Crippen LogP contribution in [0.5, 0.6) is 0 Å². The number of anilines is 2. The van der Waals surface area contributed by atoms with Crippen LogP contribution in [-0.2, 0) is 0 Å². The third kappa shape index (κ3) is 3.63. The summed E-state index contributed by atoms with van der Waals surface area (Å²) in [5.74, 6) is 0. The highest BCUT2D eigenvalue weighted by atomic mass is 14.9. The predicted molar refractivity (Wildman–Crippen MR) is 125 cm³/mol. The average molecular weight is 379 g/mol. The molecule has 0 amide bonds. The molecule has 0 fully saturated rings. The molecular weight excluding hydrogens is 350 g/mol. The van der Waals surface area contributed by atoms with E-state index in [1.54, 1.807) is 12.1 Å². The SMILES string of the molecule is [2H]c1c([2H])c([2H])c2c(-c3ccc(Nc4ccc(-c5ccccc5)cc4)cc3)c([2H])c([2H])c([2H])c2c1[2H]. The minimum absolute atomic E-state index is 0.0438. The third-order valence-electron chi connectivity index (χ3n) is 4.77. The van der Waals surface area contributed by atoms with Gasteiger partial charge in [0.05, 0.1) is 9.60 Å². The smallest absolute Gasteiger partial charge is 0.0629 e. The zero-order valence-electron chi connectivity index (χ0n) is 22.5. The number of hydrogen-bond acceptors (Lipinski definition) is 1. The highest BCUT2D eigenvalue weighted by Crippen LogP contribution is 2.30. The third-order valence-corrected chi connectivity index (χ3v) is 4.77. The zero-order chi connectivity index (χ0) is 25.6. The van der Waals surface area contributed by atoms with E-state index < -0.39 is 12.1 Å². The van der Waals surface area contributed by atoms with Crippen molar-refractivity contribution in [3.8, 4) is 22.3 Å². The molecule has 0 radical (unpaired) electrons. The van der Waals surface area contributed by atoms with Crippen LogP contribution in [0.15, 0.2) is 121 Å². The van der Waals surface area contributed by atoms with E-state index in [1.165, 1.54) is 0 Å². The van der Waals surface area contributed by atoms with Gasteiger partial charge in [0.2, 0.25) is 0 Å². The highest BCUT2D eigenvalue weighted by Gasteiger charge is 2.04. The maximum Gasteiger partial charge on any atom is 0.0629 e. The lowest BCUT2D eigenvalue weighted by Gasteiger charge is -2.10. The second-order valence-electron chi connectivity index (χ2n) is 6.65. The lowest BCUT2D eigenvalue weighted by atomic mass is 9.98. The number of rotatable bonds is 4. The van der Waals surface area contributed by atoms with Gasteiger partial charge in [0, 0.05) is 11.4 Å². The summed E-state index contributed by atoms with van der Waals surface area (Å²) in [6, 6.07) is 22.7. The van der Waals surface area contributed by atoms with Crippen LogP contribution in [0.3, 0.4) is 0 Å². The molecule has 138 valence electrons. The van der Waals surface area contributed by atoms with Gasteiger partial charge < -0.3 is 5.32 Å². The summed E-state index contributed by atoms with van der Waals surface area (Å²) in [7, 11) is 0. The molecule has 0 bridgehead atoms. The van der Waals surface area contributed by atoms with Crippen LogP contribution < -0.4 is 5.32 Å². The van der Waals surface area contributed by atoms with Gasteiger partial charge in [-0.25, -0.2) is 0 Å². The first-order valence-electron chi connectivity index (χ1n) is 12.8. The molecular formula is C28H21N. The van der Waals surface area contributed by atoms with E-state index >= 15 is 0 Å². The zero-order valence-corrected chi connectivity index (χ0v) is 15.5. The summed E-state index contributed by atoms with van der Waals surface area (Å²) in [6.07, 6.45) is 0. The molecule has 0 heterocycles. The largest absolute Gasteiger partial charge is 0.356 e. The van der Waals surface area contributed by atoms with E-state index in [1.807, 2.05) is 54.6 Å². The quantitative estimate of drug-likeness (QED) is 0.335. The summed E-state index contributed by atoms with van der Waals surface area (Å²) in [5, 5.41) is 3.38. The minimum atomic E-state index is -0.457. The second-order valence-corrected chi connectivity index (χ2v) is 6.65. The summed E-state index contributed by atoms with van der Waals surface area (Å²) >= 11 is 0. The molecule has 1 N–H and O–H groups in total. The van der Waals surface area contributed by atoms with Crippen LogP contribution in [0.2, 0.25) is 0 Å². The van der Waals surface area contributed by atoms with E-state index in [2.05, 4.69) is 17.4 Å². The first-order valence-corrected chi connectivity index (χ1v) is 9.30. The molecule has 1 heteroatoms. The maximum absolute atomic E-state index is 8.50. The average Bonchev–Trinajstić information content (AvgIpc) is 2.91. The molecule has 0 saturated heterocycles. The van der Waals surface area contributed by atoms with Gasteiger partial charge in [-0.15, -0.1) is 0 Å². The van der Waals surface area contributed by atoms with Crippen LogP contribution >= 0.6 is 0 Å². The fraction of sp³-hybridized carbons (Fsp3) is 0. The molecule has 0 atom stereocenters. The monoisotopic (exact) mass is 378 g/mol. The molecule has 1 nitrogen and oxygen atoms in total. The molecule has 0 aliphatic carbocycles. The van der Waals surface area contributed by atoms with Crippen molar-refractivity contribution in [2.24, 2.45) is 0 Å². The van der Waals surface area contributed by atoms with Crippen LogP contribution in [0.4, 0.5) is 11.4 Å². The van der Waals surface area contributed by atoms with Gasteiger partial charge >= 0.3 is 0 Å². The molecule has 0 aromatic heterocycles. The Morgan fingerprint density at radius 1 is 0.517 bits per heavy atom. The molecule has 0 unspecified atom stereocenters. The Hall–Kier alpha value is -3.84. The Balaban J connectivity index is 1.52. The van der Waals surface area contributed by atoms with Gasteiger partial charge in [0.1, 0.15) is 0 Å². The predicted octanol–water partition coefficient (Wildman–Crippen LogP) is 7.92. The minimum Gasteiger partial charge on any atom is -0.356 e. The van der Waals surface area contributed by atoms with Crippen LogP contribution in [-0.4, -0.2) is 0 Å². The van der Waals surface area contributed by atoms with Gasteiger partial charge in [-0.1, -0.05) is 96.9 Å². The topological polar surface area (TPSA) is 12.0 Å². The van der Waals surface area contributed by atoms with Gasteiger partial charge in [-0.05, 0) is 57.3 Å². The van der Waals surface area contributed by atoms with Crippen molar-refractivity contribution in [2.75, 3.05) is 5.32 Å². The Labute approximate surface area is 181 Å². The molecule has 0 saturated carbocycles. The molecule has 5 aromatic carbocycles. The normalized spacial score (nSPS) is 14.1. The van der Waals surface area contributed by atoms with Gasteiger partial charge in [-0.2, -0.15) is 0 Å². The van der Waals surface area contributed by atoms with Crippen LogP contribution in [0.1, 0.15) is 9.60 Å². The number of benzene rings is 5. The van der Waals surface area contributed by atoms with Crippen molar-refractivity contribution in [1.82, 2.24) is 0 Å². The van der Waals surface area contributed by atoms with Gasteiger partial charge in [0.15, 0.2) is 0 Å². The van der Waals surface area contributed by atoms with E-state index in [4.69, 9.17) is 9.60 Å². The second kappa shape index (κ2) is 7.65. The van der Waals surface area contributed by atoms with Gasteiger partial charge in [0.25, 0.3) is 0 Å². The summed E-state index contributed by atoms with van der Waals surface area (Å²) in [5.41, 5.74) is 4.70. The number of hydrogen-bond donors (Lipinski definition) is 1. The standard InChI is InChI=1S/C28H21N/c1-2-7-21(8-3-1)22-13-17-25(18-14-22)29-26-19-15-24(16-20-26)28-12-6-10-23-9-4-5-11-27(23)28/h1-20,29H/i4D,5D,6D,9D,10D,11D,12D. The fourth-order valence-electron chi connectivity index (χ4n) is 3.29. The Bertz CT molecular complexity index is 1590. The molecule has 5 rings (SSSR count). The van der Waals surface area contributed by atoms with Crippen molar-refractivity contribution in [3.05, 3.63) is 121 Å². The Kier molecular flexibility index (Phi) is 2.96. The van der Waals surface area contributed by atoms with Crippen molar-refractivity contribution in [3.63, 3.8) is 0 Å². The molecule has 0 spiro atoms. The summed E-state index contributed by atoms with van der Waals surface area (Å²) in [4.78, 5) is 0. The molecule has 29 heavy (non-hydrogen) atoms. The van der Waals surface area contributed by atoms with E-state index in [-0.39, 0.29) is 46.5 Å². The Morgan fingerprint density at radius 2 is 1.10 bits per heavy atom. The van der Waals surface area contributed by atoms with Crippen molar-refractivity contribution >= 4 is 22.1 Å². The fourth-order valence-corrected chi connectivity index (χ4v) is 3.29. The van der Waals surface area contributed by atoms with Crippen molar-refractivity contribution in [1.29, 1.82) is 0 Å². The van der Waals surface area contributed by atoms with Gasteiger partial charge in [-0.3, -0.25) is 0 Å². The summed E-state index contributed by atoms with van der Waals surface area (Å²) in [6.45, 7) is 0. The van der Waals surface area contributed by atoms with Crippen LogP contribution in [0, 0.1) is 0 Å². The Morgan fingerprint density at radius 3 is 1.83 bits per heavy atom. The van der Waals surface area contributed by atoms with Crippen molar-refractivity contribution in [2.45, 2.75) is 0 Å². The van der Waals surface area contributed by atoms with Crippen LogP contribution in [0.25, 0.3) is 33.0 Å².